The Morgan fingerprint density at radius 2 is 1.61 bits per heavy atom. The average Bonchev–Trinajstić information content (AvgIpc) is 3.37. The minimum absolute atomic E-state index is 0.0322. The van der Waals surface area contributed by atoms with E-state index in [4.69, 9.17) is 0 Å². The molecule has 4 rings (SSSR count). The Balaban J connectivity index is 0.00000131. The molecule has 2 heterocycles. The second-order valence-corrected chi connectivity index (χ2v) is 18.9. The van der Waals surface area contributed by atoms with Gasteiger partial charge in [-0.2, -0.15) is 0 Å². The van der Waals surface area contributed by atoms with Crippen molar-refractivity contribution in [2.45, 2.75) is 123 Å². The number of amides is 5. The van der Waals surface area contributed by atoms with Crippen LogP contribution in [0.4, 0.5) is 4.79 Å². The van der Waals surface area contributed by atoms with Crippen molar-refractivity contribution in [3.8, 4) is 0 Å². The predicted octanol–water partition coefficient (Wildman–Crippen LogP) is 2.80. The smallest absolute Gasteiger partial charge is 0.315 e. The number of unbranched alkanes of at least 4 members (excludes halogenated alkanes) is 2. The molecule has 0 aromatic heterocycles. The van der Waals surface area contributed by atoms with Crippen molar-refractivity contribution in [2.24, 2.45) is 22.7 Å². The van der Waals surface area contributed by atoms with Crippen molar-refractivity contribution in [3.05, 3.63) is 12.7 Å². The van der Waals surface area contributed by atoms with Gasteiger partial charge in [-0.3, -0.25) is 19.2 Å². The van der Waals surface area contributed by atoms with E-state index in [-0.39, 0.29) is 29.5 Å². The number of Topliss-reactive ketones (excluding diaryl/α,β-unsaturated/α-hetero) is 1. The number of rotatable bonds is 12. The molecule has 0 bridgehead atoms. The largest absolute Gasteiger partial charge is 0.347 e. The molecule has 4 fully saturated rings. The fourth-order valence-electron chi connectivity index (χ4n) is 8.13. The van der Waals surface area contributed by atoms with Gasteiger partial charge in [0.15, 0.2) is 9.84 Å². The van der Waals surface area contributed by atoms with Crippen LogP contribution in [0.1, 0.15) is 99.8 Å². The molecule has 0 unspecified atom stereocenters. The van der Waals surface area contributed by atoms with E-state index in [1.807, 2.05) is 46.6 Å². The van der Waals surface area contributed by atoms with Crippen LogP contribution >= 0.6 is 0 Å². The Kier molecular flexibility index (Phi) is 14.3. The van der Waals surface area contributed by atoms with E-state index in [9.17, 15) is 32.4 Å². The van der Waals surface area contributed by atoms with Gasteiger partial charge in [0.05, 0.1) is 23.1 Å². The lowest BCUT2D eigenvalue weighted by Crippen LogP contribution is -2.68. The molecule has 2 aliphatic heterocycles. The van der Waals surface area contributed by atoms with E-state index >= 15 is 0 Å². The number of carbonyl (C=O) groups excluding carboxylic acids is 5. The van der Waals surface area contributed by atoms with Crippen LogP contribution < -0.4 is 21.3 Å². The molecule has 0 aromatic carbocycles. The fourth-order valence-corrected chi connectivity index (χ4v) is 10.4. The minimum atomic E-state index is -3.45. The van der Waals surface area contributed by atoms with Gasteiger partial charge in [-0.1, -0.05) is 93.1 Å². The van der Waals surface area contributed by atoms with Gasteiger partial charge >= 0.3 is 6.03 Å². The number of piperidine rings is 1. The Labute approximate surface area is 305 Å². The molecule has 0 radical (unpaired) electrons. The summed E-state index contributed by atoms with van der Waals surface area (Å²) >= 11 is 0. The van der Waals surface area contributed by atoms with Crippen LogP contribution in [0.3, 0.4) is 0 Å². The first kappa shape index (κ1) is 42.4. The van der Waals surface area contributed by atoms with Crippen molar-refractivity contribution in [2.75, 3.05) is 45.5 Å². The fraction of sp³-hybridized carbons (Fsp3) is 0.811. The first-order valence-electron chi connectivity index (χ1n) is 18.8. The highest BCUT2D eigenvalue weighted by Crippen LogP contribution is 2.65. The highest BCUT2D eigenvalue weighted by Gasteiger charge is 2.69. The Morgan fingerprint density at radius 1 is 0.980 bits per heavy atom. The maximum absolute atomic E-state index is 14.3. The number of nitrogens with one attached hydrogen (secondary N) is 4. The van der Waals surface area contributed by atoms with Crippen molar-refractivity contribution in [1.29, 1.82) is 0 Å². The van der Waals surface area contributed by atoms with E-state index in [1.165, 1.54) is 30.2 Å². The Bertz CT molecular complexity index is 1400. The molecule has 2 saturated carbocycles. The number of likely N-dealkylation sites (tertiary alicyclic amines) is 1. The topological polar surface area (TPSA) is 174 Å². The summed E-state index contributed by atoms with van der Waals surface area (Å²) in [5.41, 5.74) is -1.90. The van der Waals surface area contributed by atoms with Gasteiger partial charge in [0.2, 0.25) is 17.6 Å². The normalized spacial score (nSPS) is 26.6. The van der Waals surface area contributed by atoms with Gasteiger partial charge in [0.25, 0.3) is 5.91 Å². The first-order chi connectivity index (χ1) is 23.8. The molecular weight excluding hydrogens is 673 g/mol. The number of hydrogen-bond donors (Lipinski definition) is 4. The SMILES string of the molecule is C=CCNC(=O)C(=O)CNC(=O)[C@@H]1[C@@H]2[C@H](CN1C(=O)[C@@H](NC(=O)NC1([C@H]3CN(C)CCS3(=O)=O)CCCCC1)C(C)(C)C)C2(C)C.CCCCC. The molecule has 2 aliphatic carbocycles. The summed E-state index contributed by atoms with van der Waals surface area (Å²) in [5.74, 6) is -2.65. The summed E-state index contributed by atoms with van der Waals surface area (Å²) < 4.78 is 26.6. The standard InChI is InChI=1S/C32H52N6O7S.C5H12/c1-8-14-33-26(40)21(39)17-34-27(41)24-23-20(31(23,5)6)18-38(24)28(42)25(30(2,3)4)35-29(43)36-32(12-10-9-11-13-32)22-19-37(7)15-16-46(22,44)45;1-3-5-4-2/h8,20,22-25H,1,9-19H2,2-7H3,(H,33,40)(H,34,41)(H2,35,36,43);3-5H2,1-2H3/t20-,22+,23-,24-,25+;/m0./s1. The zero-order valence-corrected chi connectivity index (χ0v) is 33.0. The average molecular weight is 737 g/mol. The highest BCUT2D eigenvalue weighted by molar-refractivity contribution is 7.92. The van der Waals surface area contributed by atoms with Crippen LogP contribution in [0.25, 0.3) is 0 Å². The van der Waals surface area contributed by atoms with E-state index < -0.39 is 74.2 Å². The molecule has 13 nitrogen and oxygen atoms in total. The summed E-state index contributed by atoms with van der Waals surface area (Å²) in [4.78, 5) is 69.3. The zero-order valence-electron chi connectivity index (χ0n) is 32.2. The third-order valence-electron chi connectivity index (χ3n) is 11.3. The van der Waals surface area contributed by atoms with Crippen molar-refractivity contribution < 1.29 is 32.4 Å². The third-order valence-corrected chi connectivity index (χ3v) is 13.6. The lowest BCUT2D eigenvalue weighted by atomic mass is 9.78. The van der Waals surface area contributed by atoms with Crippen molar-refractivity contribution >= 4 is 39.4 Å². The second kappa shape index (κ2) is 17.2. The summed E-state index contributed by atoms with van der Waals surface area (Å²) in [5, 5.41) is 10.1. The molecule has 4 N–H and O–H groups in total. The number of nitrogens with zero attached hydrogens (tertiary/aromatic N) is 2. The number of hydrogen-bond acceptors (Lipinski definition) is 8. The first-order valence-corrected chi connectivity index (χ1v) is 20.5. The molecular formula is C37H64N6O7S. The predicted molar refractivity (Wildman–Crippen MR) is 198 cm³/mol. The molecule has 290 valence electrons. The lowest BCUT2D eigenvalue weighted by molar-refractivity contribution is -0.144. The van der Waals surface area contributed by atoms with Crippen LogP contribution in [-0.2, 0) is 29.0 Å². The van der Waals surface area contributed by atoms with Crippen LogP contribution in [0, 0.1) is 22.7 Å². The van der Waals surface area contributed by atoms with Crippen LogP contribution in [0.15, 0.2) is 12.7 Å². The molecule has 0 aromatic rings. The summed E-state index contributed by atoms with van der Waals surface area (Å²) in [6, 6.07) is -2.51. The van der Waals surface area contributed by atoms with Crippen LogP contribution in [-0.4, -0.2) is 116 Å². The van der Waals surface area contributed by atoms with Crippen LogP contribution in [0.2, 0.25) is 0 Å². The number of fused-ring (bicyclic) bond motifs is 1. The third kappa shape index (κ3) is 10.1. The van der Waals surface area contributed by atoms with Crippen molar-refractivity contribution in [1.82, 2.24) is 31.1 Å². The van der Waals surface area contributed by atoms with Gasteiger partial charge in [-0.05, 0) is 42.6 Å². The number of carbonyl (C=O) groups is 5. The van der Waals surface area contributed by atoms with E-state index in [0.717, 1.165) is 19.3 Å². The Morgan fingerprint density at radius 3 is 2.16 bits per heavy atom. The van der Waals surface area contributed by atoms with E-state index in [0.29, 0.717) is 32.5 Å². The number of urea groups is 1. The minimum Gasteiger partial charge on any atom is -0.347 e. The molecule has 5 amide bonds. The Hall–Kier alpha value is -3.00. The molecule has 4 aliphatic rings. The molecule has 51 heavy (non-hydrogen) atoms. The lowest BCUT2D eigenvalue weighted by Gasteiger charge is -2.47. The van der Waals surface area contributed by atoms with E-state index in [2.05, 4.69) is 41.7 Å². The van der Waals surface area contributed by atoms with Gasteiger partial charge in [-0.25, -0.2) is 13.2 Å². The van der Waals surface area contributed by atoms with Crippen molar-refractivity contribution in [3.63, 3.8) is 0 Å². The summed E-state index contributed by atoms with van der Waals surface area (Å²) in [6.07, 6.45) is 9.11. The van der Waals surface area contributed by atoms with Gasteiger partial charge < -0.3 is 31.1 Å². The maximum atomic E-state index is 14.3. The second-order valence-electron chi connectivity index (χ2n) is 16.6. The highest BCUT2D eigenvalue weighted by atomic mass is 32.2. The maximum Gasteiger partial charge on any atom is 0.315 e. The van der Waals surface area contributed by atoms with Gasteiger partial charge in [0.1, 0.15) is 12.1 Å². The summed E-state index contributed by atoms with van der Waals surface area (Å²) in [7, 11) is -1.57. The van der Waals surface area contributed by atoms with Gasteiger partial charge in [0, 0.05) is 26.2 Å². The molecule has 5 atom stereocenters. The number of ketones is 1. The van der Waals surface area contributed by atoms with Gasteiger partial charge in [-0.15, -0.1) is 6.58 Å². The monoisotopic (exact) mass is 736 g/mol. The zero-order chi connectivity index (χ0) is 38.4. The summed E-state index contributed by atoms with van der Waals surface area (Å²) in [6.45, 7) is 18.1. The molecule has 0 spiro atoms. The van der Waals surface area contributed by atoms with E-state index in [1.54, 1.807) is 0 Å². The quantitative estimate of drug-likeness (QED) is 0.175. The molecule has 14 heteroatoms. The number of sulfone groups is 1. The van der Waals surface area contributed by atoms with Crippen LogP contribution in [0.5, 0.6) is 0 Å². The molecule has 2 saturated heterocycles.